The Kier molecular flexibility index (Phi) is 7.10. The third-order valence-corrected chi connectivity index (χ3v) is 8.09. The monoisotopic (exact) mass is 541 g/mol. The maximum absolute atomic E-state index is 14.0. The average molecular weight is 542 g/mol. The van der Waals surface area contributed by atoms with Crippen molar-refractivity contribution in [2.24, 2.45) is 4.99 Å². The number of fused-ring (bicyclic) bond motifs is 1. The van der Waals surface area contributed by atoms with Gasteiger partial charge >= 0.3 is 0 Å². The largest absolute Gasteiger partial charge is 0.497 e. The molecule has 1 atom stereocenters. The summed E-state index contributed by atoms with van der Waals surface area (Å²) in [4.78, 5) is 33.1. The van der Waals surface area contributed by atoms with E-state index in [1.807, 2.05) is 93.9 Å². The molecule has 0 radical (unpaired) electrons. The van der Waals surface area contributed by atoms with Crippen LogP contribution in [0.3, 0.4) is 0 Å². The Morgan fingerprint density at radius 2 is 1.82 bits per heavy atom. The molecule has 9 heteroatoms. The van der Waals surface area contributed by atoms with Gasteiger partial charge in [0.15, 0.2) is 4.80 Å². The molecule has 39 heavy (non-hydrogen) atoms. The lowest BCUT2D eigenvalue weighted by Gasteiger charge is -2.25. The smallest absolute Gasteiger partial charge is 0.271 e. The van der Waals surface area contributed by atoms with Crippen molar-refractivity contribution in [2.75, 3.05) is 12.4 Å². The van der Waals surface area contributed by atoms with Crippen LogP contribution in [0.1, 0.15) is 48.0 Å². The molecule has 0 bridgehead atoms. The zero-order valence-electron chi connectivity index (χ0n) is 22.9. The number of hydrogen-bond acceptors (Lipinski definition) is 6. The van der Waals surface area contributed by atoms with Crippen LogP contribution in [0.5, 0.6) is 5.75 Å². The van der Waals surface area contributed by atoms with Crippen molar-refractivity contribution in [2.45, 2.75) is 47.2 Å². The number of aryl methyl sites for hydroxylation is 3. The number of carbonyl (C=O) groups is 1. The zero-order valence-corrected chi connectivity index (χ0v) is 23.7. The molecule has 1 unspecified atom stereocenters. The minimum atomic E-state index is -0.654. The van der Waals surface area contributed by atoms with Crippen molar-refractivity contribution >= 4 is 29.0 Å². The fourth-order valence-electron chi connectivity index (χ4n) is 4.97. The van der Waals surface area contributed by atoms with Gasteiger partial charge in [-0.1, -0.05) is 41.7 Å². The highest BCUT2D eigenvalue weighted by Gasteiger charge is 2.32. The summed E-state index contributed by atoms with van der Waals surface area (Å²) in [6.07, 6.45) is 1.89. The predicted octanol–water partition coefficient (Wildman–Crippen LogP) is 4.02. The highest BCUT2D eigenvalue weighted by atomic mass is 32.1. The van der Waals surface area contributed by atoms with E-state index in [0.717, 1.165) is 34.6 Å². The van der Waals surface area contributed by atoms with E-state index in [1.165, 1.54) is 11.3 Å². The first-order valence-corrected chi connectivity index (χ1v) is 13.6. The molecule has 0 spiro atoms. The first kappa shape index (κ1) is 26.4. The van der Waals surface area contributed by atoms with E-state index in [9.17, 15) is 9.59 Å². The van der Waals surface area contributed by atoms with Crippen molar-refractivity contribution in [3.63, 3.8) is 0 Å². The number of para-hydroxylation sites is 1. The summed E-state index contributed by atoms with van der Waals surface area (Å²) in [6.45, 7) is 10.5. The Labute approximate surface area is 230 Å². The first-order chi connectivity index (χ1) is 18.7. The van der Waals surface area contributed by atoms with E-state index >= 15 is 0 Å². The van der Waals surface area contributed by atoms with Crippen LogP contribution < -0.4 is 24.9 Å². The number of ether oxygens (including phenoxy) is 1. The van der Waals surface area contributed by atoms with Crippen LogP contribution in [-0.2, 0) is 11.3 Å². The number of benzene rings is 2. The summed E-state index contributed by atoms with van der Waals surface area (Å²) >= 11 is 1.32. The van der Waals surface area contributed by atoms with Gasteiger partial charge in [-0.05, 0) is 70.0 Å². The van der Waals surface area contributed by atoms with Crippen molar-refractivity contribution in [3.05, 3.63) is 108 Å². The van der Waals surface area contributed by atoms with E-state index in [1.54, 1.807) is 11.7 Å². The van der Waals surface area contributed by atoms with E-state index in [4.69, 9.17) is 9.73 Å². The number of allylic oxidation sites excluding steroid dienone is 1. The predicted molar refractivity (Wildman–Crippen MR) is 154 cm³/mol. The summed E-state index contributed by atoms with van der Waals surface area (Å²) in [5.74, 6) is 0.396. The normalized spacial score (nSPS) is 15.2. The molecule has 0 saturated carbocycles. The van der Waals surface area contributed by atoms with Gasteiger partial charge in [0.2, 0.25) is 0 Å². The van der Waals surface area contributed by atoms with Gasteiger partial charge < -0.3 is 10.1 Å². The topological polar surface area (TPSA) is 90.5 Å². The van der Waals surface area contributed by atoms with E-state index in [2.05, 4.69) is 10.4 Å². The summed E-state index contributed by atoms with van der Waals surface area (Å²) in [7, 11) is 1.61. The lowest BCUT2D eigenvalue weighted by molar-refractivity contribution is -0.113. The third-order valence-electron chi connectivity index (χ3n) is 7.10. The molecule has 8 nitrogen and oxygen atoms in total. The molecule has 4 aromatic rings. The van der Waals surface area contributed by atoms with Gasteiger partial charge in [-0.3, -0.25) is 18.8 Å². The molecular formula is C30H31N5O3S. The quantitative estimate of drug-likeness (QED) is 0.399. The standard InChI is InChI=1S/C30H31N5O3S/c1-7-34-20(5)23(18(3)33-34)16-25-29(37)35-27(21-12-14-22(38-6)15-13-21)26(19(4)31-30(35)39-25)28(36)32-24-11-9-8-10-17(24)2/h8-16,27H,7H2,1-6H3,(H,32,36)/b25-16-. The number of methoxy groups -OCH3 is 1. The van der Waals surface area contributed by atoms with Crippen LogP contribution in [0.2, 0.25) is 0 Å². The highest BCUT2D eigenvalue weighted by Crippen LogP contribution is 2.32. The first-order valence-electron chi connectivity index (χ1n) is 12.8. The summed E-state index contributed by atoms with van der Waals surface area (Å²) in [5.41, 5.74) is 6.04. The maximum atomic E-state index is 14.0. The molecule has 0 aliphatic carbocycles. The van der Waals surface area contributed by atoms with Crippen molar-refractivity contribution < 1.29 is 9.53 Å². The number of aromatic nitrogens is 3. The van der Waals surface area contributed by atoms with Crippen LogP contribution in [0.4, 0.5) is 5.69 Å². The van der Waals surface area contributed by atoms with Gasteiger partial charge in [-0.2, -0.15) is 5.10 Å². The van der Waals surface area contributed by atoms with Gasteiger partial charge in [0.05, 0.1) is 34.6 Å². The van der Waals surface area contributed by atoms with Gasteiger partial charge in [0.25, 0.3) is 11.5 Å². The minimum absolute atomic E-state index is 0.198. The fraction of sp³-hybridized carbons (Fsp3) is 0.267. The molecule has 1 amide bonds. The zero-order chi connectivity index (χ0) is 27.8. The Bertz CT molecular complexity index is 1790. The number of amides is 1. The van der Waals surface area contributed by atoms with E-state index < -0.39 is 6.04 Å². The van der Waals surface area contributed by atoms with Gasteiger partial charge in [0, 0.05) is 23.5 Å². The Balaban J connectivity index is 1.69. The second-order valence-corrected chi connectivity index (χ2v) is 10.5. The second-order valence-electron chi connectivity index (χ2n) is 9.52. The van der Waals surface area contributed by atoms with Crippen molar-refractivity contribution in [1.29, 1.82) is 0 Å². The number of anilines is 1. The molecule has 3 heterocycles. The molecule has 200 valence electrons. The molecule has 1 aliphatic rings. The number of thiazole rings is 1. The molecule has 1 N–H and O–H groups in total. The second kappa shape index (κ2) is 10.5. The number of nitrogens with one attached hydrogen (secondary N) is 1. The summed E-state index contributed by atoms with van der Waals surface area (Å²) in [6, 6.07) is 14.4. The van der Waals surface area contributed by atoms with Crippen molar-refractivity contribution in [1.82, 2.24) is 14.3 Å². The van der Waals surface area contributed by atoms with Crippen LogP contribution in [0.25, 0.3) is 6.08 Å². The molecule has 0 fully saturated rings. The number of nitrogens with zero attached hydrogens (tertiary/aromatic N) is 4. The molecule has 5 rings (SSSR count). The van der Waals surface area contributed by atoms with Gasteiger partial charge in [-0.15, -0.1) is 0 Å². The van der Waals surface area contributed by atoms with Gasteiger partial charge in [-0.25, -0.2) is 4.99 Å². The molecule has 1 aliphatic heterocycles. The van der Waals surface area contributed by atoms with E-state index in [-0.39, 0.29) is 11.5 Å². The number of rotatable bonds is 6. The Hall–Kier alpha value is -4.24. The highest BCUT2D eigenvalue weighted by molar-refractivity contribution is 7.07. The summed E-state index contributed by atoms with van der Waals surface area (Å²) in [5, 5.41) is 7.64. The van der Waals surface area contributed by atoms with Gasteiger partial charge in [0.1, 0.15) is 5.75 Å². The van der Waals surface area contributed by atoms with Crippen LogP contribution >= 0.6 is 11.3 Å². The SMILES string of the molecule is CCn1nc(C)c(/C=c2\sc3n(c2=O)C(c2ccc(OC)cc2)C(C(=O)Nc2ccccc2C)=C(C)N=3)c1C. The molecule has 2 aromatic carbocycles. The average Bonchev–Trinajstić information content (AvgIpc) is 3.38. The molecular weight excluding hydrogens is 510 g/mol. The number of hydrogen-bond donors (Lipinski definition) is 1. The maximum Gasteiger partial charge on any atom is 0.271 e. The minimum Gasteiger partial charge on any atom is -0.497 e. The third kappa shape index (κ3) is 4.74. The Morgan fingerprint density at radius 1 is 1.10 bits per heavy atom. The van der Waals surface area contributed by atoms with Crippen LogP contribution in [0, 0.1) is 20.8 Å². The lowest BCUT2D eigenvalue weighted by atomic mass is 9.95. The van der Waals surface area contributed by atoms with Crippen LogP contribution in [-0.4, -0.2) is 27.4 Å². The molecule has 2 aromatic heterocycles. The van der Waals surface area contributed by atoms with Crippen LogP contribution in [0.15, 0.2) is 69.6 Å². The Morgan fingerprint density at radius 3 is 2.46 bits per heavy atom. The lowest BCUT2D eigenvalue weighted by Crippen LogP contribution is -2.40. The van der Waals surface area contributed by atoms with E-state index in [0.29, 0.717) is 32.0 Å². The fourth-order valence-corrected chi connectivity index (χ4v) is 6.00. The van der Waals surface area contributed by atoms with Crippen molar-refractivity contribution in [3.8, 4) is 5.75 Å². The number of carbonyl (C=O) groups excluding carboxylic acids is 1. The summed E-state index contributed by atoms with van der Waals surface area (Å²) < 4.78 is 9.46. The molecule has 0 saturated heterocycles.